The van der Waals surface area contributed by atoms with Gasteiger partial charge in [-0.3, -0.25) is 14.6 Å². The third kappa shape index (κ3) is 9.69. The molecule has 3 aliphatic heterocycles. The lowest BCUT2D eigenvalue weighted by Crippen LogP contribution is -2.58. The molecule has 0 saturated carbocycles. The van der Waals surface area contributed by atoms with E-state index >= 15 is 0 Å². The van der Waals surface area contributed by atoms with Crippen molar-refractivity contribution in [1.29, 1.82) is 0 Å². The van der Waals surface area contributed by atoms with Gasteiger partial charge >= 0.3 is 5.97 Å². The van der Waals surface area contributed by atoms with E-state index in [1.54, 1.807) is 25.8 Å². The molecule has 3 aromatic heterocycles. The number of nitrogens with one attached hydrogen (secondary N) is 2. The Labute approximate surface area is 363 Å². The minimum atomic E-state index is -1.48. The van der Waals surface area contributed by atoms with Crippen LogP contribution in [-0.4, -0.2) is 114 Å². The Hall–Kier alpha value is -4.31. The van der Waals surface area contributed by atoms with E-state index in [1.807, 2.05) is 6.08 Å². The Kier molecular flexibility index (Phi) is 14.7. The molecule has 1 amide bonds. The topological polar surface area (TPSA) is 200 Å². The van der Waals surface area contributed by atoms with Crippen LogP contribution in [0.25, 0.3) is 39.8 Å². The summed E-state index contributed by atoms with van der Waals surface area (Å²) in [6.07, 6.45) is 1.13. The summed E-state index contributed by atoms with van der Waals surface area (Å²) in [4.78, 5) is 45.4. The van der Waals surface area contributed by atoms with Gasteiger partial charge in [-0.15, -0.1) is 11.8 Å². The van der Waals surface area contributed by atoms with Crippen LogP contribution < -0.4 is 5.73 Å². The number of aromatic nitrogens is 4. The molecule has 0 unspecified atom stereocenters. The van der Waals surface area contributed by atoms with Crippen molar-refractivity contribution in [3.8, 4) is 0 Å². The van der Waals surface area contributed by atoms with Crippen LogP contribution in [0, 0.1) is 26.7 Å². The highest BCUT2D eigenvalue weighted by molar-refractivity contribution is 7.99. The third-order valence-corrected chi connectivity index (χ3v) is 14.0. The maximum atomic E-state index is 13.7. The number of aliphatic hydroxyl groups is 3. The molecule has 0 spiro atoms. The van der Waals surface area contributed by atoms with Gasteiger partial charge in [0.15, 0.2) is 0 Å². The van der Waals surface area contributed by atoms with E-state index in [2.05, 4.69) is 82.4 Å². The summed E-state index contributed by atoms with van der Waals surface area (Å²) in [5.74, 6) is -0.223. The highest BCUT2D eigenvalue weighted by atomic mass is 32.2. The number of nitrogens with two attached hydrogens (primary N) is 1. The Morgan fingerprint density at radius 2 is 1.70 bits per heavy atom. The first-order valence-corrected chi connectivity index (χ1v) is 22.5. The second-order valence-corrected chi connectivity index (χ2v) is 18.4. The van der Waals surface area contributed by atoms with E-state index in [0.29, 0.717) is 31.6 Å². The van der Waals surface area contributed by atoms with Crippen LogP contribution >= 0.6 is 11.8 Å². The molecule has 0 aliphatic carbocycles. The number of fused-ring (bicyclic) bond motifs is 8. The summed E-state index contributed by atoms with van der Waals surface area (Å²) in [6, 6.07) is 5.63. The molecule has 1 saturated heterocycles. The largest absolute Gasteiger partial charge is 0.462 e. The van der Waals surface area contributed by atoms with Gasteiger partial charge in [0.25, 0.3) is 0 Å². The number of ether oxygens (including phenoxy) is 2. The van der Waals surface area contributed by atoms with Crippen molar-refractivity contribution < 1.29 is 34.4 Å². The highest BCUT2D eigenvalue weighted by Crippen LogP contribution is 2.42. The molecule has 6 heterocycles. The van der Waals surface area contributed by atoms with Gasteiger partial charge in [0.05, 0.1) is 11.4 Å². The zero-order chi connectivity index (χ0) is 44.4. The van der Waals surface area contributed by atoms with Crippen LogP contribution in [0.5, 0.6) is 0 Å². The van der Waals surface area contributed by atoms with Gasteiger partial charge in [0, 0.05) is 70.9 Å². The predicted molar refractivity (Wildman–Crippen MR) is 244 cm³/mol. The minimum Gasteiger partial charge on any atom is -0.462 e. The molecule has 0 aromatic carbocycles. The number of aliphatic hydroxyl groups excluding tert-OH is 3. The second-order valence-electron chi connectivity index (χ2n) is 17.2. The summed E-state index contributed by atoms with van der Waals surface area (Å²) in [5, 5.41) is 31.7. The number of nitrogens with zero attached hydrogens (tertiary/aromatic N) is 3. The molecule has 61 heavy (non-hydrogen) atoms. The van der Waals surface area contributed by atoms with Crippen molar-refractivity contribution in [3.05, 3.63) is 75.4 Å². The van der Waals surface area contributed by atoms with Gasteiger partial charge in [0.2, 0.25) is 5.91 Å². The predicted octanol–water partition coefficient (Wildman–Crippen LogP) is 6.59. The molecule has 7 N–H and O–H groups in total. The normalized spacial score (nSPS) is 23.2. The van der Waals surface area contributed by atoms with Crippen LogP contribution in [0.4, 0.5) is 0 Å². The molecular formula is C47H64N6O7S. The standard InChI is InChI=1S/C47H64N6O7S/c1-11-29-26(7)35-21-38-30(12-2)25(6)34(50-38)20-36-27(8)31(42(52-36)28(9)33-18-24(5)32(49-33)19-37(29)51-35)14-15-40(54)53(10)16-13-17-61-47-45(57)44(56)43(55)39(60-47)22-59-46(58)41(48)23(3)4/h12,18-21,23,27,31,39,41,43-45,47,50-51,55-57H,2,11,13-17,22,48H2,1,3-10H3/t27-,31-,39+,41-,43+,44-,45+,47-/m0/s1. The summed E-state index contributed by atoms with van der Waals surface area (Å²) in [5.41, 5.74) is 19.4. The van der Waals surface area contributed by atoms with Crippen molar-refractivity contribution in [3.63, 3.8) is 0 Å². The Morgan fingerprint density at radius 1 is 1.00 bits per heavy atom. The van der Waals surface area contributed by atoms with Gasteiger partial charge in [0.1, 0.15) is 42.5 Å². The molecule has 8 atom stereocenters. The lowest BCUT2D eigenvalue weighted by atomic mass is 9.85. The SMILES string of the molecule is C=Cc1c(C)c2cc3nc(c(C)c4nc(cc5[nH]c(cc1[nH]2)c(C)c5CC)C(C)=C4)[C@@H](CCC(=O)N(C)CCCS[C@@H]1O[C@H](COC(=O)[C@@H](N)C(C)C)[C@@H](O)[C@H](O)[C@H]1O)[C@@H]3C. The molecule has 13 nitrogen and oxygen atoms in total. The van der Waals surface area contributed by atoms with Crippen LogP contribution in [0.2, 0.25) is 0 Å². The van der Waals surface area contributed by atoms with Crippen molar-refractivity contribution in [2.75, 3.05) is 26.0 Å². The summed E-state index contributed by atoms with van der Waals surface area (Å²) >= 11 is 1.27. The monoisotopic (exact) mass is 856 g/mol. The minimum absolute atomic E-state index is 0.0145. The molecule has 14 heteroatoms. The third-order valence-electron chi connectivity index (χ3n) is 12.7. The Balaban J connectivity index is 1.17. The molecular weight excluding hydrogens is 793 g/mol. The van der Waals surface area contributed by atoms with Crippen molar-refractivity contribution in [2.45, 2.75) is 129 Å². The molecule has 8 bridgehead atoms. The van der Waals surface area contributed by atoms with E-state index in [4.69, 9.17) is 25.2 Å². The van der Waals surface area contributed by atoms with Gasteiger partial charge in [-0.05, 0) is 111 Å². The molecule has 3 aromatic rings. The molecule has 1 fully saturated rings. The Bertz CT molecular complexity index is 2330. The summed E-state index contributed by atoms with van der Waals surface area (Å²) < 4.78 is 11.1. The van der Waals surface area contributed by atoms with E-state index in [9.17, 15) is 24.9 Å². The number of carbonyl (C=O) groups excluding carboxylic acids is 2. The summed E-state index contributed by atoms with van der Waals surface area (Å²) in [6.45, 7) is 20.7. The van der Waals surface area contributed by atoms with Crippen LogP contribution in [0.1, 0.15) is 116 Å². The smallest absolute Gasteiger partial charge is 0.323 e. The second kappa shape index (κ2) is 19.4. The first-order valence-electron chi connectivity index (χ1n) is 21.5. The summed E-state index contributed by atoms with van der Waals surface area (Å²) in [7, 11) is 1.79. The fraction of sp³-hybridized carbons (Fsp3) is 0.532. The Morgan fingerprint density at radius 3 is 2.39 bits per heavy atom. The van der Waals surface area contributed by atoms with Crippen molar-refractivity contribution in [2.24, 2.45) is 11.7 Å². The van der Waals surface area contributed by atoms with Gasteiger partial charge < -0.3 is 45.4 Å². The van der Waals surface area contributed by atoms with Crippen molar-refractivity contribution in [1.82, 2.24) is 24.8 Å². The fourth-order valence-electron chi connectivity index (χ4n) is 8.50. The molecule has 6 rings (SSSR count). The average molecular weight is 857 g/mol. The zero-order valence-electron chi connectivity index (χ0n) is 37.0. The number of carbonyl (C=O) groups is 2. The lowest BCUT2D eigenvalue weighted by molar-refractivity contribution is -0.210. The maximum absolute atomic E-state index is 13.7. The van der Waals surface area contributed by atoms with Crippen LogP contribution in [0.15, 0.2) is 24.8 Å². The molecule has 3 aliphatic rings. The molecule has 0 radical (unpaired) electrons. The number of aromatic amines is 2. The quantitative estimate of drug-likeness (QED) is 0.0755. The number of thioether (sulfide) groups is 1. The van der Waals surface area contributed by atoms with Crippen molar-refractivity contribution >= 4 is 63.4 Å². The van der Waals surface area contributed by atoms with Gasteiger partial charge in [-0.1, -0.05) is 40.3 Å². The van der Waals surface area contributed by atoms with Crippen LogP contribution in [0.3, 0.4) is 0 Å². The van der Waals surface area contributed by atoms with E-state index in [1.165, 1.54) is 22.9 Å². The number of rotatable bonds is 14. The van der Waals surface area contributed by atoms with Crippen LogP contribution in [-0.2, 0) is 25.5 Å². The number of esters is 1. The van der Waals surface area contributed by atoms with E-state index in [0.717, 1.165) is 73.5 Å². The van der Waals surface area contributed by atoms with E-state index < -0.39 is 41.9 Å². The zero-order valence-corrected chi connectivity index (χ0v) is 37.9. The maximum Gasteiger partial charge on any atom is 0.323 e. The number of hydrogen-bond acceptors (Lipinski definition) is 11. The number of H-pyrrole nitrogens is 2. The number of hydrogen-bond donors (Lipinski definition) is 6. The van der Waals surface area contributed by atoms with Gasteiger partial charge in [-0.25, -0.2) is 4.98 Å². The highest BCUT2D eigenvalue weighted by Gasteiger charge is 2.44. The van der Waals surface area contributed by atoms with Gasteiger partial charge in [-0.2, -0.15) is 0 Å². The fourth-order valence-corrected chi connectivity index (χ4v) is 9.61. The first-order chi connectivity index (χ1) is 28.9. The first kappa shape index (κ1) is 46.2. The lowest BCUT2D eigenvalue weighted by Gasteiger charge is -2.40. The average Bonchev–Trinajstić information content (AvgIpc) is 3.94. The number of aryl methyl sites for hydroxylation is 3. The van der Waals surface area contributed by atoms with E-state index in [-0.39, 0.29) is 30.3 Å². The number of allylic oxidation sites excluding steroid dienone is 1. The number of amides is 1. The molecule has 330 valence electrons.